The molecular weight excluding hydrogens is 433 g/mol. The monoisotopic (exact) mass is 462 g/mol. The smallest absolute Gasteiger partial charge is 0.274 e. The molecule has 3 rings (SSSR count). The van der Waals surface area contributed by atoms with Gasteiger partial charge < -0.3 is 19.8 Å². The van der Waals surface area contributed by atoms with Crippen molar-refractivity contribution in [1.29, 1.82) is 0 Å². The lowest BCUT2D eigenvalue weighted by Crippen LogP contribution is -2.35. The molecule has 176 valence electrons. The van der Waals surface area contributed by atoms with Crippen LogP contribution in [0.2, 0.25) is 5.21 Å². The van der Waals surface area contributed by atoms with Crippen LogP contribution < -0.4 is 10.9 Å². The van der Waals surface area contributed by atoms with Gasteiger partial charge in [0.1, 0.15) is 27.2 Å². The van der Waals surface area contributed by atoms with Crippen LogP contribution in [-0.2, 0) is 16.1 Å². The van der Waals surface area contributed by atoms with Crippen molar-refractivity contribution in [3.8, 4) is 0 Å². The van der Waals surface area contributed by atoms with Crippen LogP contribution in [0.4, 0.5) is 10.1 Å². The molecule has 0 fully saturated rings. The van der Waals surface area contributed by atoms with E-state index in [9.17, 15) is 18.8 Å². The summed E-state index contributed by atoms with van der Waals surface area (Å²) in [5, 5.41) is 3.06. The predicted octanol–water partition coefficient (Wildman–Crippen LogP) is 1.51. The minimum Gasteiger partial charge on any atom is -0.357 e. The normalized spacial score (nSPS) is 12.7. The molecule has 0 radical (unpaired) electrons. The highest BCUT2D eigenvalue weighted by Gasteiger charge is 2.30. The van der Waals surface area contributed by atoms with Gasteiger partial charge in [-0.2, -0.15) is 0 Å². The number of pyridine rings is 1. The van der Waals surface area contributed by atoms with Crippen LogP contribution in [0.15, 0.2) is 59.5 Å². The zero-order chi connectivity index (χ0) is 25.0. The number of carbonyl (C=O) groups is 2. The molecule has 7 nitrogen and oxygen atoms in total. The lowest BCUT2D eigenvalue weighted by Gasteiger charge is -2.30. The number of allylic oxidation sites excluding steroid dienone is 1. The van der Waals surface area contributed by atoms with Crippen molar-refractivity contribution in [2.45, 2.75) is 25.1 Å². The Kier molecular flexibility index (Phi) is 7.49. The molecule has 1 unspecified atom stereocenters. The summed E-state index contributed by atoms with van der Waals surface area (Å²) in [7, 11) is 7.25. The van der Waals surface area contributed by atoms with Gasteiger partial charge in [0.05, 0.1) is 6.54 Å². The lowest BCUT2D eigenvalue weighted by atomic mass is 9.47. The fraction of sp³-hybridized carbons (Fsp3) is 0.292. The van der Waals surface area contributed by atoms with Crippen molar-refractivity contribution < 1.29 is 14.0 Å². The number of carbonyl (C=O) groups excluding carboxylic acids is 2. The Balaban J connectivity index is 1.71. The van der Waals surface area contributed by atoms with Gasteiger partial charge in [-0.15, -0.1) is 0 Å². The first-order chi connectivity index (χ1) is 16.0. The van der Waals surface area contributed by atoms with Gasteiger partial charge in [0, 0.05) is 42.8 Å². The second-order valence-electron chi connectivity index (χ2n) is 9.42. The average Bonchev–Trinajstić information content (AvgIpc) is 3.17. The Hall–Kier alpha value is -3.55. The Morgan fingerprint density at radius 1 is 1.26 bits per heavy atom. The summed E-state index contributed by atoms with van der Waals surface area (Å²) in [5.41, 5.74) is 1.39. The molecule has 3 aromatic rings. The third kappa shape index (κ3) is 5.87. The SMILES string of the molecule is BC(B)(C/C=C/C(=O)N(C)C)C(C)C(=O)Nc1cccn(Cc2cc3cc(F)ccc3[nH]2)c1=O. The van der Waals surface area contributed by atoms with Gasteiger partial charge in [0.15, 0.2) is 0 Å². The number of aromatic nitrogens is 2. The van der Waals surface area contributed by atoms with Crippen molar-refractivity contribution in [2.24, 2.45) is 5.92 Å². The molecule has 1 atom stereocenters. The maximum absolute atomic E-state index is 13.5. The molecule has 0 aliphatic heterocycles. The molecule has 34 heavy (non-hydrogen) atoms. The topological polar surface area (TPSA) is 87.2 Å². The van der Waals surface area contributed by atoms with E-state index in [2.05, 4.69) is 10.3 Å². The first-order valence-corrected chi connectivity index (χ1v) is 11.1. The summed E-state index contributed by atoms with van der Waals surface area (Å²) in [6.45, 7) is 2.06. The summed E-state index contributed by atoms with van der Waals surface area (Å²) in [4.78, 5) is 42.3. The minimum absolute atomic E-state index is 0.113. The summed E-state index contributed by atoms with van der Waals surface area (Å²) >= 11 is 0. The molecule has 10 heteroatoms. The van der Waals surface area contributed by atoms with Crippen LogP contribution in [0.1, 0.15) is 19.0 Å². The van der Waals surface area contributed by atoms with E-state index in [0.717, 1.165) is 16.6 Å². The van der Waals surface area contributed by atoms with Crippen molar-refractivity contribution >= 4 is 44.1 Å². The summed E-state index contributed by atoms with van der Waals surface area (Å²) < 4.78 is 15.0. The summed E-state index contributed by atoms with van der Waals surface area (Å²) in [6.07, 6.45) is 5.44. The standard InChI is InChI=1S/C24H29B2FN4O3/c1-15(24(25,26)10-4-7-21(32)30(2)3)22(33)29-20-6-5-11-31(23(20)34)14-18-13-16-12-17(27)8-9-19(16)28-18/h4-9,11-13,15,28H,10,14,25-26H2,1-3H3,(H,29,33)/b7-4+. The van der Waals surface area contributed by atoms with E-state index in [1.807, 2.05) is 22.6 Å². The van der Waals surface area contributed by atoms with Crippen LogP contribution in [0, 0.1) is 11.7 Å². The number of hydrogen-bond acceptors (Lipinski definition) is 3. The number of anilines is 1. The van der Waals surface area contributed by atoms with E-state index in [1.165, 1.54) is 27.7 Å². The summed E-state index contributed by atoms with van der Waals surface area (Å²) in [6, 6.07) is 9.54. The predicted molar refractivity (Wildman–Crippen MR) is 138 cm³/mol. The number of halogens is 1. The number of likely N-dealkylation sites (N-methyl/N-ethyl adjacent to an activating group) is 1. The van der Waals surface area contributed by atoms with Crippen molar-refractivity contribution in [3.63, 3.8) is 0 Å². The van der Waals surface area contributed by atoms with E-state index >= 15 is 0 Å². The highest BCUT2D eigenvalue weighted by atomic mass is 19.1. The molecule has 0 aliphatic rings. The quantitative estimate of drug-likeness (QED) is 0.393. The third-order valence-corrected chi connectivity index (χ3v) is 6.17. The fourth-order valence-electron chi connectivity index (χ4n) is 3.57. The molecule has 0 saturated carbocycles. The maximum Gasteiger partial charge on any atom is 0.274 e. The van der Waals surface area contributed by atoms with Crippen molar-refractivity contribution in [2.75, 3.05) is 19.4 Å². The molecule has 2 aromatic heterocycles. The molecular formula is C24H29B2FN4O3. The van der Waals surface area contributed by atoms with Crippen LogP contribution in [-0.4, -0.2) is 56.1 Å². The molecule has 0 spiro atoms. The molecule has 0 bridgehead atoms. The lowest BCUT2D eigenvalue weighted by molar-refractivity contribution is -0.123. The number of nitrogens with zero attached hydrogens (tertiary/aromatic N) is 2. The second kappa shape index (κ2) is 10.2. The van der Waals surface area contributed by atoms with E-state index in [0.29, 0.717) is 6.42 Å². The van der Waals surface area contributed by atoms with Crippen LogP contribution in [0.25, 0.3) is 10.9 Å². The Bertz CT molecular complexity index is 1300. The van der Waals surface area contributed by atoms with Crippen molar-refractivity contribution in [1.82, 2.24) is 14.5 Å². The third-order valence-electron chi connectivity index (χ3n) is 6.17. The zero-order valence-corrected chi connectivity index (χ0v) is 20.2. The average molecular weight is 462 g/mol. The molecule has 0 saturated heterocycles. The first-order valence-electron chi connectivity index (χ1n) is 11.1. The number of aromatic amines is 1. The van der Waals surface area contributed by atoms with Crippen LogP contribution in [0.5, 0.6) is 0 Å². The zero-order valence-electron chi connectivity index (χ0n) is 20.2. The first kappa shape index (κ1) is 25.1. The number of amides is 2. The molecule has 2 N–H and O–H groups in total. The molecule has 2 amide bonds. The summed E-state index contributed by atoms with van der Waals surface area (Å²) in [5.74, 6) is -1.12. The highest BCUT2D eigenvalue weighted by Crippen LogP contribution is 2.33. The molecule has 1 aromatic carbocycles. The number of fused-ring (bicyclic) bond motifs is 1. The van der Waals surface area contributed by atoms with Gasteiger partial charge in [-0.25, -0.2) is 4.39 Å². The minimum atomic E-state index is -0.430. The maximum atomic E-state index is 13.5. The molecule has 2 heterocycles. The Labute approximate surface area is 199 Å². The second-order valence-corrected chi connectivity index (χ2v) is 9.42. The van der Waals surface area contributed by atoms with E-state index < -0.39 is 11.1 Å². The Morgan fingerprint density at radius 3 is 2.71 bits per heavy atom. The van der Waals surface area contributed by atoms with Crippen LogP contribution in [0.3, 0.4) is 0 Å². The number of nitrogens with one attached hydrogen (secondary N) is 2. The Morgan fingerprint density at radius 2 is 2.00 bits per heavy atom. The van der Waals surface area contributed by atoms with Gasteiger partial charge in [-0.1, -0.05) is 18.2 Å². The number of benzene rings is 1. The van der Waals surface area contributed by atoms with Gasteiger partial charge in [-0.05, 0) is 48.9 Å². The van der Waals surface area contributed by atoms with Gasteiger partial charge >= 0.3 is 0 Å². The van der Waals surface area contributed by atoms with Gasteiger partial charge in [-0.3, -0.25) is 14.4 Å². The van der Waals surface area contributed by atoms with E-state index in [1.54, 1.807) is 50.6 Å². The number of rotatable bonds is 8. The van der Waals surface area contributed by atoms with Gasteiger partial charge in [0.2, 0.25) is 11.8 Å². The van der Waals surface area contributed by atoms with E-state index in [4.69, 9.17) is 0 Å². The largest absolute Gasteiger partial charge is 0.357 e. The highest BCUT2D eigenvalue weighted by molar-refractivity contribution is 6.41. The molecule has 0 aliphatic carbocycles. The fourth-order valence-corrected chi connectivity index (χ4v) is 3.57. The van der Waals surface area contributed by atoms with Crippen LogP contribution >= 0.6 is 0 Å². The van der Waals surface area contributed by atoms with Crippen molar-refractivity contribution in [3.05, 3.63) is 76.6 Å². The van der Waals surface area contributed by atoms with Gasteiger partial charge in [0.25, 0.3) is 5.56 Å². The number of H-pyrrole nitrogens is 1. The number of hydrogen-bond donors (Lipinski definition) is 2. The van der Waals surface area contributed by atoms with E-state index in [-0.39, 0.29) is 35.4 Å².